The number of piperidine rings is 1. The molecule has 3 rings (SSSR count). The Morgan fingerprint density at radius 3 is 2.72 bits per heavy atom. The highest BCUT2D eigenvalue weighted by Gasteiger charge is 2.21. The number of fused-ring (bicyclic) bond motifs is 1. The molecule has 1 aromatic carbocycles. The van der Waals surface area contributed by atoms with E-state index in [9.17, 15) is 9.59 Å². The van der Waals surface area contributed by atoms with Gasteiger partial charge in [-0.1, -0.05) is 6.92 Å². The van der Waals surface area contributed by atoms with Gasteiger partial charge in [0.05, 0.1) is 7.11 Å². The van der Waals surface area contributed by atoms with Crippen LogP contribution < -0.4 is 10.4 Å². The SMILES string of the molecule is COc1ccc2c(C)c(CCC(=O)N3CCC(C)CC3)c(=O)oc2c1. The summed E-state index contributed by atoms with van der Waals surface area (Å²) in [7, 11) is 1.58. The van der Waals surface area contributed by atoms with Crippen LogP contribution in [0.1, 0.15) is 37.3 Å². The van der Waals surface area contributed by atoms with E-state index < -0.39 is 0 Å². The molecule has 1 aromatic heterocycles. The molecule has 1 aliphatic rings. The van der Waals surface area contributed by atoms with Crippen LogP contribution in [0.25, 0.3) is 11.0 Å². The Kier molecular flexibility index (Phi) is 5.11. The van der Waals surface area contributed by atoms with Crippen LogP contribution in [0.4, 0.5) is 0 Å². The second kappa shape index (κ2) is 7.30. The van der Waals surface area contributed by atoms with E-state index in [0.717, 1.165) is 36.9 Å². The summed E-state index contributed by atoms with van der Waals surface area (Å²) in [6.07, 6.45) is 2.89. The van der Waals surface area contributed by atoms with Crippen molar-refractivity contribution in [1.82, 2.24) is 4.90 Å². The Morgan fingerprint density at radius 1 is 1.32 bits per heavy atom. The molecule has 134 valence electrons. The normalized spacial score (nSPS) is 15.6. The predicted molar refractivity (Wildman–Crippen MR) is 97.1 cm³/mol. The predicted octanol–water partition coefficient (Wildman–Crippen LogP) is 3.30. The molecule has 0 aliphatic carbocycles. The van der Waals surface area contributed by atoms with Crippen molar-refractivity contribution >= 4 is 16.9 Å². The highest BCUT2D eigenvalue weighted by Crippen LogP contribution is 2.25. The second-order valence-electron chi connectivity index (χ2n) is 6.92. The Balaban J connectivity index is 1.77. The van der Waals surface area contributed by atoms with Crippen molar-refractivity contribution in [3.63, 3.8) is 0 Å². The first kappa shape index (κ1) is 17.5. The molecule has 5 nitrogen and oxygen atoms in total. The molecule has 1 saturated heterocycles. The first-order chi connectivity index (χ1) is 12.0. The highest BCUT2D eigenvalue weighted by atomic mass is 16.5. The van der Waals surface area contributed by atoms with Crippen molar-refractivity contribution in [3.8, 4) is 5.75 Å². The number of nitrogens with zero attached hydrogens (tertiary/aromatic N) is 1. The minimum Gasteiger partial charge on any atom is -0.497 e. The lowest BCUT2D eigenvalue weighted by molar-refractivity contribution is -0.132. The van der Waals surface area contributed by atoms with E-state index in [2.05, 4.69) is 6.92 Å². The highest BCUT2D eigenvalue weighted by molar-refractivity contribution is 5.82. The minimum atomic E-state index is -0.363. The quantitative estimate of drug-likeness (QED) is 0.799. The van der Waals surface area contributed by atoms with E-state index in [0.29, 0.717) is 35.7 Å². The van der Waals surface area contributed by atoms with Gasteiger partial charge in [0.1, 0.15) is 11.3 Å². The second-order valence-corrected chi connectivity index (χ2v) is 6.92. The molecule has 1 fully saturated rings. The monoisotopic (exact) mass is 343 g/mol. The van der Waals surface area contributed by atoms with Crippen molar-refractivity contribution in [1.29, 1.82) is 0 Å². The molecule has 2 aromatic rings. The van der Waals surface area contributed by atoms with E-state index in [1.165, 1.54) is 0 Å². The zero-order valence-corrected chi connectivity index (χ0v) is 15.1. The number of carbonyl (C=O) groups excluding carboxylic acids is 1. The van der Waals surface area contributed by atoms with E-state index in [1.54, 1.807) is 13.2 Å². The van der Waals surface area contributed by atoms with Crippen LogP contribution in [0, 0.1) is 12.8 Å². The fourth-order valence-corrected chi connectivity index (χ4v) is 3.44. The zero-order chi connectivity index (χ0) is 18.0. The smallest absolute Gasteiger partial charge is 0.339 e. The summed E-state index contributed by atoms with van der Waals surface area (Å²) >= 11 is 0. The number of hydrogen-bond donors (Lipinski definition) is 0. The van der Waals surface area contributed by atoms with Gasteiger partial charge in [0.25, 0.3) is 0 Å². The largest absolute Gasteiger partial charge is 0.497 e. The first-order valence-electron chi connectivity index (χ1n) is 8.87. The number of amides is 1. The lowest BCUT2D eigenvalue weighted by Gasteiger charge is -2.30. The summed E-state index contributed by atoms with van der Waals surface area (Å²) in [5.74, 6) is 1.47. The van der Waals surface area contributed by atoms with E-state index >= 15 is 0 Å². The maximum Gasteiger partial charge on any atom is 0.339 e. The van der Waals surface area contributed by atoms with Crippen molar-refractivity contribution in [2.45, 2.75) is 39.5 Å². The van der Waals surface area contributed by atoms with Crippen molar-refractivity contribution in [3.05, 3.63) is 39.7 Å². The zero-order valence-electron chi connectivity index (χ0n) is 15.1. The van der Waals surface area contributed by atoms with Gasteiger partial charge in [0.2, 0.25) is 5.91 Å². The van der Waals surface area contributed by atoms with Gasteiger partial charge in [0, 0.05) is 36.5 Å². The molecule has 5 heteroatoms. The summed E-state index contributed by atoms with van der Waals surface area (Å²) in [5.41, 5.74) is 1.63. The van der Waals surface area contributed by atoms with Gasteiger partial charge < -0.3 is 14.1 Å². The number of hydrogen-bond acceptors (Lipinski definition) is 4. The third-order valence-corrected chi connectivity index (χ3v) is 5.22. The molecule has 0 atom stereocenters. The summed E-state index contributed by atoms with van der Waals surface area (Å²) in [5, 5.41) is 0.884. The van der Waals surface area contributed by atoms with E-state index in [1.807, 2.05) is 24.0 Å². The van der Waals surface area contributed by atoms with Gasteiger partial charge in [-0.05, 0) is 49.8 Å². The Morgan fingerprint density at radius 2 is 2.04 bits per heavy atom. The molecule has 0 saturated carbocycles. The summed E-state index contributed by atoms with van der Waals surface area (Å²) < 4.78 is 10.6. The van der Waals surface area contributed by atoms with Gasteiger partial charge >= 0.3 is 5.63 Å². The molecular weight excluding hydrogens is 318 g/mol. The molecule has 0 spiro atoms. The molecule has 25 heavy (non-hydrogen) atoms. The molecule has 0 bridgehead atoms. The fourth-order valence-electron chi connectivity index (χ4n) is 3.44. The van der Waals surface area contributed by atoms with Crippen LogP contribution in [-0.2, 0) is 11.2 Å². The Bertz CT molecular complexity index is 831. The maximum absolute atomic E-state index is 12.4. The van der Waals surface area contributed by atoms with Crippen LogP contribution >= 0.6 is 0 Å². The fraction of sp³-hybridized carbons (Fsp3) is 0.500. The maximum atomic E-state index is 12.4. The van der Waals surface area contributed by atoms with Crippen molar-refractivity contribution < 1.29 is 13.9 Å². The third kappa shape index (κ3) is 3.70. The van der Waals surface area contributed by atoms with Gasteiger partial charge in [-0.25, -0.2) is 4.79 Å². The number of rotatable bonds is 4. The topological polar surface area (TPSA) is 59.8 Å². The average molecular weight is 343 g/mol. The van der Waals surface area contributed by atoms with Gasteiger partial charge in [0.15, 0.2) is 0 Å². The molecule has 0 N–H and O–H groups in total. The van der Waals surface area contributed by atoms with E-state index in [-0.39, 0.29) is 11.5 Å². The molecule has 2 heterocycles. The average Bonchev–Trinajstić information content (AvgIpc) is 2.61. The number of likely N-dealkylation sites (tertiary alicyclic amines) is 1. The number of benzene rings is 1. The molecule has 0 unspecified atom stereocenters. The van der Waals surface area contributed by atoms with Crippen LogP contribution in [0.5, 0.6) is 5.75 Å². The van der Waals surface area contributed by atoms with E-state index in [4.69, 9.17) is 9.15 Å². The van der Waals surface area contributed by atoms with Crippen molar-refractivity contribution in [2.24, 2.45) is 5.92 Å². The summed E-state index contributed by atoms with van der Waals surface area (Å²) in [6.45, 7) is 5.78. The first-order valence-corrected chi connectivity index (χ1v) is 8.87. The minimum absolute atomic E-state index is 0.125. The Labute approximate surface area is 147 Å². The number of aryl methyl sites for hydroxylation is 1. The van der Waals surface area contributed by atoms with Gasteiger partial charge in [-0.2, -0.15) is 0 Å². The summed E-state index contributed by atoms with van der Waals surface area (Å²) in [4.78, 5) is 26.7. The van der Waals surface area contributed by atoms with Crippen LogP contribution in [0.3, 0.4) is 0 Å². The van der Waals surface area contributed by atoms with Crippen LogP contribution in [-0.4, -0.2) is 31.0 Å². The van der Waals surface area contributed by atoms with Gasteiger partial charge in [-0.15, -0.1) is 0 Å². The number of ether oxygens (including phenoxy) is 1. The standard InChI is InChI=1S/C20H25NO4/c1-13-8-10-21(11-9-13)19(22)7-6-17-14(2)16-5-4-15(24-3)12-18(16)25-20(17)23/h4-5,12-13H,6-11H2,1-3H3. The molecular formula is C20H25NO4. The molecule has 0 radical (unpaired) electrons. The molecule has 1 aliphatic heterocycles. The van der Waals surface area contributed by atoms with Crippen molar-refractivity contribution in [2.75, 3.05) is 20.2 Å². The number of carbonyl (C=O) groups is 1. The molecule has 1 amide bonds. The van der Waals surface area contributed by atoms with Crippen LogP contribution in [0.15, 0.2) is 27.4 Å². The summed E-state index contributed by atoms with van der Waals surface area (Å²) in [6, 6.07) is 5.45. The Hall–Kier alpha value is -2.30. The lowest BCUT2D eigenvalue weighted by Crippen LogP contribution is -2.38. The van der Waals surface area contributed by atoms with Gasteiger partial charge in [-0.3, -0.25) is 4.79 Å². The third-order valence-electron chi connectivity index (χ3n) is 5.22. The number of methoxy groups -OCH3 is 1. The lowest BCUT2D eigenvalue weighted by atomic mass is 9.98. The van der Waals surface area contributed by atoms with Crippen LogP contribution in [0.2, 0.25) is 0 Å².